The molecule has 44 heavy (non-hydrogen) atoms. The van der Waals surface area contributed by atoms with Crippen LogP contribution in [0.1, 0.15) is 162 Å². The standard InChI is InChI=1S/C41H64N2.Pd/c1-3-5-6-7-8-9-10-11-12-13-14-15-16-17-18-19-20-21-22-23-24-25-32-37-41(43-39-35-30-27-31-36-39)40(4-2)42-38-33-28-26-29-34-38;/h26-37H,3-25H2,1-2H3;/b37-32+,42-40+,43-41+;. The van der Waals surface area contributed by atoms with Gasteiger partial charge in [-0.15, -0.1) is 0 Å². The smallest absolute Gasteiger partial charge is 0.0848 e. The van der Waals surface area contributed by atoms with E-state index in [4.69, 9.17) is 9.98 Å². The second-order valence-electron chi connectivity index (χ2n) is 12.3. The van der Waals surface area contributed by atoms with Crippen molar-refractivity contribution in [3.63, 3.8) is 0 Å². The molecule has 3 heteroatoms. The Balaban J connectivity index is 0.00000968. The molecule has 0 atom stereocenters. The number of hydrogen-bond donors (Lipinski definition) is 0. The van der Waals surface area contributed by atoms with Crippen LogP contribution in [0, 0.1) is 0 Å². The molecule has 0 amide bonds. The second-order valence-corrected chi connectivity index (χ2v) is 12.3. The average Bonchev–Trinajstić information content (AvgIpc) is 3.04. The van der Waals surface area contributed by atoms with Crippen molar-refractivity contribution in [1.29, 1.82) is 0 Å². The molecule has 0 aliphatic heterocycles. The first-order chi connectivity index (χ1) is 21.3. The fourth-order valence-electron chi connectivity index (χ4n) is 5.70. The van der Waals surface area contributed by atoms with Gasteiger partial charge in [0.25, 0.3) is 0 Å². The summed E-state index contributed by atoms with van der Waals surface area (Å²) in [5, 5.41) is 0. The summed E-state index contributed by atoms with van der Waals surface area (Å²) in [5.41, 5.74) is 3.97. The third-order valence-electron chi connectivity index (χ3n) is 8.41. The summed E-state index contributed by atoms with van der Waals surface area (Å²) in [5.74, 6) is 0. The SMILES string of the molecule is CCCCCCCCCCCCCCCCCCCCCCC/C=C/C(=N\c1ccccc1)C(/CC)=N/c1ccccc1.[Pd]. The molecular weight excluding hydrogens is 627 g/mol. The van der Waals surface area contributed by atoms with Gasteiger partial charge >= 0.3 is 0 Å². The van der Waals surface area contributed by atoms with E-state index in [1.165, 1.54) is 135 Å². The van der Waals surface area contributed by atoms with E-state index in [0.717, 1.165) is 35.6 Å². The molecule has 0 heterocycles. The minimum atomic E-state index is 0. The van der Waals surface area contributed by atoms with Crippen LogP contribution in [-0.4, -0.2) is 11.4 Å². The van der Waals surface area contributed by atoms with E-state index in [9.17, 15) is 0 Å². The van der Waals surface area contributed by atoms with E-state index in [0.29, 0.717) is 0 Å². The number of allylic oxidation sites excluding steroid dienone is 2. The van der Waals surface area contributed by atoms with Crippen molar-refractivity contribution in [3.05, 3.63) is 72.8 Å². The first-order valence-corrected chi connectivity index (χ1v) is 18.3. The molecule has 0 spiro atoms. The number of hydrogen-bond acceptors (Lipinski definition) is 2. The van der Waals surface area contributed by atoms with E-state index < -0.39 is 0 Å². The number of benzene rings is 2. The predicted octanol–water partition coefficient (Wildman–Crippen LogP) is 14.1. The van der Waals surface area contributed by atoms with Gasteiger partial charge in [0.1, 0.15) is 0 Å². The van der Waals surface area contributed by atoms with Crippen LogP contribution in [0.3, 0.4) is 0 Å². The molecule has 0 radical (unpaired) electrons. The molecule has 0 unspecified atom stereocenters. The summed E-state index contributed by atoms with van der Waals surface area (Å²) >= 11 is 0. The maximum absolute atomic E-state index is 4.95. The maximum atomic E-state index is 4.95. The Hall–Kier alpha value is -1.82. The van der Waals surface area contributed by atoms with Gasteiger partial charge in [0.15, 0.2) is 0 Å². The number of rotatable bonds is 27. The van der Waals surface area contributed by atoms with Crippen molar-refractivity contribution in [1.82, 2.24) is 0 Å². The molecule has 0 saturated heterocycles. The predicted molar refractivity (Wildman–Crippen MR) is 194 cm³/mol. The molecule has 0 aliphatic carbocycles. The summed E-state index contributed by atoms with van der Waals surface area (Å²) < 4.78 is 0. The zero-order chi connectivity index (χ0) is 30.5. The number of para-hydroxylation sites is 2. The Labute approximate surface area is 286 Å². The largest absolute Gasteiger partial charge is 0.251 e. The summed E-state index contributed by atoms with van der Waals surface area (Å²) in [7, 11) is 0. The van der Waals surface area contributed by atoms with Gasteiger partial charge < -0.3 is 0 Å². The van der Waals surface area contributed by atoms with Crippen LogP contribution in [0.4, 0.5) is 11.4 Å². The van der Waals surface area contributed by atoms with Gasteiger partial charge in [-0.3, -0.25) is 4.99 Å². The molecule has 0 N–H and O–H groups in total. The molecule has 2 nitrogen and oxygen atoms in total. The Morgan fingerprint density at radius 1 is 0.477 bits per heavy atom. The van der Waals surface area contributed by atoms with Gasteiger partial charge in [-0.2, -0.15) is 0 Å². The molecule has 2 aromatic carbocycles. The van der Waals surface area contributed by atoms with Crippen LogP contribution in [-0.2, 0) is 20.4 Å². The molecule has 2 aromatic rings. The normalized spacial score (nSPS) is 12.1. The summed E-state index contributed by atoms with van der Waals surface area (Å²) in [4.78, 5) is 9.87. The Kier molecular flexibility index (Phi) is 27.3. The second kappa shape index (κ2) is 29.9. The Bertz CT molecular complexity index is 980. The summed E-state index contributed by atoms with van der Waals surface area (Å²) in [6.45, 7) is 4.46. The van der Waals surface area contributed by atoms with E-state index in [-0.39, 0.29) is 20.4 Å². The quantitative estimate of drug-likeness (QED) is 0.0506. The van der Waals surface area contributed by atoms with Gasteiger partial charge in [0.2, 0.25) is 0 Å². The first-order valence-electron chi connectivity index (χ1n) is 18.3. The van der Waals surface area contributed by atoms with Gasteiger partial charge in [0, 0.05) is 20.4 Å². The number of nitrogens with zero attached hydrogens (tertiary/aromatic N) is 2. The topological polar surface area (TPSA) is 24.7 Å². The van der Waals surface area contributed by atoms with E-state index in [1.807, 2.05) is 36.4 Å². The summed E-state index contributed by atoms with van der Waals surface area (Å²) in [6.07, 6.45) is 36.4. The molecule has 0 saturated carbocycles. The van der Waals surface area contributed by atoms with Gasteiger partial charge in [-0.25, -0.2) is 4.99 Å². The third-order valence-corrected chi connectivity index (χ3v) is 8.41. The third kappa shape index (κ3) is 21.8. The zero-order valence-electron chi connectivity index (χ0n) is 28.4. The van der Waals surface area contributed by atoms with Crippen LogP contribution in [0.5, 0.6) is 0 Å². The van der Waals surface area contributed by atoms with Crippen molar-refractivity contribution >= 4 is 22.8 Å². The van der Waals surface area contributed by atoms with E-state index in [2.05, 4.69) is 50.3 Å². The first kappa shape index (κ1) is 40.2. The average molecular weight is 691 g/mol. The minimum Gasteiger partial charge on any atom is -0.251 e. The van der Waals surface area contributed by atoms with Crippen LogP contribution < -0.4 is 0 Å². The molecular formula is C41H64N2Pd. The van der Waals surface area contributed by atoms with E-state index >= 15 is 0 Å². The van der Waals surface area contributed by atoms with Gasteiger partial charge in [0.05, 0.1) is 22.8 Å². The van der Waals surface area contributed by atoms with Crippen molar-refractivity contribution in [3.8, 4) is 0 Å². The Morgan fingerprint density at radius 3 is 1.23 bits per heavy atom. The summed E-state index contributed by atoms with van der Waals surface area (Å²) in [6, 6.07) is 20.5. The molecule has 2 rings (SSSR count). The van der Waals surface area contributed by atoms with E-state index in [1.54, 1.807) is 0 Å². The molecule has 0 fully saturated rings. The fourth-order valence-corrected chi connectivity index (χ4v) is 5.70. The molecule has 248 valence electrons. The van der Waals surface area contributed by atoms with Crippen LogP contribution >= 0.6 is 0 Å². The number of unbranched alkanes of at least 4 members (excludes halogenated alkanes) is 21. The Morgan fingerprint density at radius 2 is 0.841 bits per heavy atom. The van der Waals surface area contributed by atoms with Crippen molar-refractivity contribution in [2.75, 3.05) is 0 Å². The maximum Gasteiger partial charge on any atom is 0.0848 e. The van der Waals surface area contributed by atoms with Crippen LogP contribution in [0.2, 0.25) is 0 Å². The molecule has 0 aliphatic rings. The van der Waals surface area contributed by atoms with Crippen molar-refractivity contribution < 1.29 is 20.4 Å². The van der Waals surface area contributed by atoms with Crippen molar-refractivity contribution in [2.45, 2.75) is 162 Å². The van der Waals surface area contributed by atoms with Crippen LogP contribution in [0.25, 0.3) is 0 Å². The fraction of sp³-hybridized carbons (Fsp3) is 0.610. The number of aliphatic imine (C=N–C) groups is 2. The minimum absolute atomic E-state index is 0. The molecule has 0 bridgehead atoms. The van der Waals surface area contributed by atoms with Gasteiger partial charge in [-0.05, 0) is 49.6 Å². The molecule has 0 aromatic heterocycles. The van der Waals surface area contributed by atoms with Crippen molar-refractivity contribution in [2.24, 2.45) is 9.98 Å². The zero-order valence-corrected chi connectivity index (χ0v) is 30.0. The monoisotopic (exact) mass is 690 g/mol. The van der Waals surface area contributed by atoms with Gasteiger partial charge in [-0.1, -0.05) is 185 Å². The van der Waals surface area contributed by atoms with Crippen LogP contribution in [0.15, 0.2) is 82.8 Å².